The molecule has 1 aromatic heterocycles. The smallest absolute Gasteiger partial charge is 0.321 e. The van der Waals surface area contributed by atoms with Crippen LogP contribution in [0.2, 0.25) is 0 Å². The molecule has 7 heteroatoms. The standard InChI is InChI=1S/C12H19N3O3S/c1-7(2)4-9(10(16)17)5-13-11(18)15-12-14-8(3)6-19-12/h6-7,9H,4-5H2,1-3H3,(H,16,17)(H2,13,14,15,18). The van der Waals surface area contributed by atoms with Gasteiger partial charge in [0.25, 0.3) is 0 Å². The average Bonchev–Trinajstić information content (AvgIpc) is 2.69. The van der Waals surface area contributed by atoms with Gasteiger partial charge in [0, 0.05) is 11.9 Å². The van der Waals surface area contributed by atoms with Gasteiger partial charge in [0.15, 0.2) is 5.13 Å². The molecule has 0 bridgehead atoms. The fourth-order valence-corrected chi connectivity index (χ4v) is 2.29. The van der Waals surface area contributed by atoms with E-state index < -0.39 is 17.9 Å². The summed E-state index contributed by atoms with van der Waals surface area (Å²) in [5.41, 5.74) is 0.837. The number of carbonyl (C=O) groups excluding carboxylic acids is 1. The molecule has 0 aliphatic heterocycles. The van der Waals surface area contributed by atoms with Crippen molar-refractivity contribution in [1.29, 1.82) is 0 Å². The Labute approximate surface area is 116 Å². The number of aromatic nitrogens is 1. The van der Waals surface area contributed by atoms with Crippen molar-refractivity contribution in [3.05, 3.63) is 11.1 Å². The number of carboxylic acid groups (broad SMARTS) is 1. The van der Waals surface area contributed by atoms with Crippen molar-refractivity contribution in [3.8, 4) is 0 Å². The first-order chi connectivity index (χ1) is 8.88. The minimum atomic E-state index is -0.890. The number of aliphatic carboxylic acids is 1. The Morgan fingerprint density at radius 1 is 1.47 bits per heavy atom. The number of urea groups is 1. The lowest BCUT2D eigenvalue weighted by molar-refractivity contribution is -0.142. The van der Waals surface area contributed by atoms with Crippen LogP contribution >= 0.6 is 11.3 Å². The Bertz CT molecular complexity index is 445. The lowest BCUT2D eigenvalue weighted by Gasteiger charge is -2.15. The van der Waals surface area contributed by atoms with Crippen molar-refractivity contribution in [2.45, 2.75) is 27.2 Å². The molecule has 2 amide bonds. The monoisotopic (exact) mass is 285 g/mol. The van der Waals surface area contributed by atoms with Gasteiger partial charge >= 0.3 is 12.0 Å². The summed E-state index contributed by atoms with van der Waals surface area (Å²) in [5.74, 6) is -1.18. The van der Waals surface area contributed by atoms with Crippen molar-refractivity contribution in [2.24, 2.45) is 11.8 Å². The van der Waals surface area contributed by atoms with Crippen molar-refractivity contribution in [3.63, 3.8) is 0 Å². The SMILES string of the molecule is Cc1csc(NC(=O)NCC(CC(C)C)C(=O)O)n1. The average molecular weight is 285 g/mol. The first kappa shape index (κ1) is 15.4. The highest BCUT2D eigenvalue weighted by Gasteiger charge is 2.19. The topological polar surface area (TPSA) is 91.3 Å². The number of nitrogens with zero attached hydrogens (tertiary/aromatic N) is 1. The molecule has 1 unspecified atom stereocenters. The van der Waals surface area contributed by atoms with E-state index in [1.54, 1.807) is 0 Å². The van der Waals surface area contributed by atoms with Gasteiger partial charge in [-0.1, -0.05) is 13.8 Å². The molecular formula is C12H19N3O3S. The Morgan fingerprint density at radius 2 is 2.16 bits per heavy atom. The number of anilines is 1. The third kappa shape index (κ3) is 5.69. The van der Waals surface area contributed by atoms with Crippen molar-refractivity contribution in [2.75, 3.05) is 11.9 Å². The van der Waals surface area contributed by atoms with Crippen LogP contribution in [-0.2, 0) is 4.79 Å². The summed E-state index contributed by atoms with van der Waals surface area (Å²) in [6, 6.07) is -0.427. The van der Waals surface area contributed by atoms with Gasteiger partial charge in [-0.3, -0.25) is 10.1 Å². The Kier molecular flexibility index (Phi) is 5.75. The fourth-order valence-electron chi connectivity index (χ4n) is 1.61. The Balaban J connectivity index is 2.41. The highest BCUT2D eigenvalue weighted by molar-refractivity contribution is 7.13. The summed E-state index contributed by atoms with van der Waals surface area (Å²) in [5, 5.41) is 16.5. The van der Waals surface area contributed by atoms with Crippen molar-refractivity contribution in [1.82, 2.24) is 10.3 Å². The number of thiazole rings is 1. The third-order valence-corrected chi connectivity index (χ3v) is 3.33. The predicted octanol–water partition coefficient (Wildman–Crippen LogP) is 2.32. The van der Waals surface area contributed by atoms with Gasteiger partial charge in [-0.15, -0.1) is 11.3 Å². The van der Waals surface area contributed by atoms with Gasteiger partial charge in [-0.05, 0) is 19.3 Å². The highest BCUT2D eigenvalue weighted by Crippen LogP contribution is 2.14. The zero-order valence-electron chi connectivity index (χ0n) is 11.3. The lowest BCUT2D eigenvalue weighted by Crippen LogP contribution is -2.36. The predicted molar refractivity (Wildman–Crippen MR) is 74.5 cm³/mol. The first-order valence-electron chi connectivity index (χ1n) is 6.08. The zero-order chi connectivity index (χ0) is 14.4. The minimum absolute atomic E-state index is 0.115. The molecule has 0 aromatic carbocycles. The number of nitrogens with one attached hydrogen (secondary N) is 2. The van der Waals surface area contributed by atoms with Gasteiger partial charge < -0.3 is 10.4 Å². The van der Waals surface area contributed by atoms with E-state index >= 15 is 0 Å². The number of aryl methyl sites for hydroxylation is 1. The van der Waals surface area contributed by atoms with E-state index in [0.29, 0.717) is 11.6 Å². The molecule has 0 radical (unpaired) electrons. The summed E-state index contributed by atoms with van der Waals surface area (Å²) >= 11 is 1.33. The number of rotatable bonds is 6. The molecule has 6 nitrogen and oxygen atoms in total. The number of hydrogen-bond donors (Lipinski definition) is 3. The van der Waals surface area contributed by atoms with Crippen LogP contribution in [0.15, 0.2) is 5.38 Å². The highest BCUT2D eigenvalue weighted by atomic mass is 32.1. The number of carbonyl (C=O) groups is 2. The van der Waals surface area contributed by atoms with Gasteiger partial charge in [-0.25, -0.2) is 9.78 Å². The number of hydrogen-bond acceptors (Lipinski definition) is 4. The van der Waals surface area contributed by atoms with Crippen LogP contribution in [0.1, 0.15) is 26.0 Å². The Morgan fingerprint density at radius 3 is 2.63 bits per heavy atom. The van der Waals surface area contributed by atoms with Gasteiger partial charge in [0.05, 0.1) is 11.6 Å². The molecule has 0 aliphatic rings. The van der Waals surface area contributed by atoms with Crippen LogP contribution in [0.25, 0.3) is 0 Å². The second-order valence-electron chi connectivity index (χ2n) is 4.79. The fraction of sp³-hybridized carbons (Fsp3) is 0.583. The van der Waals surface area contributed by atoms with E-state index in [2.05, 4.69) is 15.6 Å². The summed E-state index contributed by atoms with van der Waals surface area (Å²) < 4.78 is 0. The first-order valence-corrected chi connectivity index (χ1v) is 6.96. The maximum atomic E-state index is 11.6. The molecule has 0 fully saturated rings. The van der Waals surface area contributed by atoms with Crippen LogP contribution in [0.3, 0.4) is 0 Å². The molecule has 106 valence electrons. The van der Waals surface area contributed by atoms with Crippen LogP contribution < -0.4 is 10.6 Å². The molecule has 1 aromatic rings. The van der Waals surface area contributed by atoms with Crippen LogP contribution in [0.5, 0.6) is 0 Å². The maximum absolute atomic E-state index is 11.6. The molecule has 1 rings (SSSR count). The van der Waals surface area contributed by atoms with E-state index in [1.807, 2.05) is 26.2 Å². The second kappa shape index (κ2) is 7.08. The Hall–Kier alpha value is -1.63. The van der Waals surface area contributed by atoms with Crippen LogP contribution in [-0.4, -0.2) is 28.6 Å². The third-order valence-electron chi connectivity index (χ3n) is 2.45. The van der Waals surface area contributed by atoms with Crippen molar-refractivity contribution < 1.29 is 14.7 Å². The van der Waals surface area contributed by atoms with E-state index in [0.717, 1.165) is 5.69 Å². The second-order valence-corrected chi connectivity index (χ2v) is 5.65. The van der Waals surface area contributed by atoms with Gasteiger partial charge in [0.1, 0.15) is 0 Å². The minimum Gasteiger partial charge on any atom is -0.481 e. The summed E-state index contributed by atoms with van der Waals surface area (Å²) in [7, 11) is 0. The number of carboxylic acids is 1. The summed E-state index contributed by atoms with van der Waals surface area (Å²) in [6.07, 6.45) is 0.534. The van der Waals surface area contributed by atoms with E-state index in [9.17, 15) is 9.59 Å². The quantitative estimate of drug-likeness (QED) is 0.748. The van der Waals surface area contributed by atoms with E-state index in [-0.39, 0.29) is 12.5 Å². The molecule has 3 N–H and O–H groups in total. The molecule has 1 heterocycles. The molecule has 0 aliphatic carbocycles. The van der Waals surface area contributed by atoms with Gasteiger partial charge in [-0.2, -0.15) is 0 Å². The maximum Gasteiger partial charge on any atom is 0.321 e. The van der Waals surface area contributed by atoms with Gasteiger partial charge in [0.2, 0.25) is 0 Å². The lowest BCUT2D eigenvalue weighted by atomic mass is 9.97. The molecule has 0 saturated heterocycles. The summed E-state index contributed by atoms with van der Waals surface area (Å²) in [6.45, 7) is 5.86. The molecule has 19 heavy (non-hydrogen) atoms. The van der Waals surface area contributed by atoms with Crippen LogP contribution in [0.4, 0.5) is 9.93 Å². The largest absolute Gasteiger partial charge is 0.481 e. The normalized spacial score (nSPS) is 12.2. The summed E-state index contributed by atoms with van der Waals surface area (Å²) in [4.78, 5) is 26.7. The molecule has 1 atom stereocenters. The molecular weight excluding hydrogens is 266 g/mol. The molecule has 0 spiro atoms. The van der Waals surface area contributed by atoms with Crippen molar-refractivity contribution >= 4 is 28.5 Å². The van der Waals surface area contributed by atoms with Crippen LogP contribution in [0, 0.1) is 18.8 Å². The molecule has 0 saturated carbocycles. The van der Waals surface area contributed by atoms with E-state index in [4.69, 9.17) is 5.11 Å². The number of amides is 2. The zero-order valence-corrected chi connectivity index (χ0v) is 12.1. The van der Waals surface area contributed by atoms with E-state index in [1.165, 1.54) is 11.3 Å².